The molecule has 0 atom stereocenters. The Bertz CT molecular complexity index is 723. The maximum absolute atomic E-state index is 11.0. The Kier molecular flexibility index (Phi) is 3.58. The Hall–Kier alpha value is -2.04. The zero-order valence-corrected chi connectivity index (χ0v) is 11.9. The maximum atomic E-state index is 11.0. The van der Waals surface area contributed by atoms with Crippen molar-refractivity contribution in [3.8, 4) is 11.3 Å². The first-order valence-corrected chi connectivity index (χ1v) is 7.17. The molecule has 1 aliphatic rings. The van der Waals surface area contributed by atoms with Crippen LogP contribution in [0.5, 0.6) is 0 Å². The fourth-order valence-corrected chi connectivity index (χ4v) is 2.54. The van der Waals surface area contributed by atoms with Crippen LogP contribution in [0.4, 0.5) is 5.13 Å². The lowest BCUT2D eigenvalue weighted by Crippen LogP contribution is -1.98. The lowest BCUT2D eigenvalue weighted by Gasteiger charge is -1.97. The molecule has 0 radical (unpaired) electrons. The Morgan fingerprint density at radius 3 is 2.45 bits per heavy atom. The normalized spacial score (nSPS) is 13.8. The fraction of sp³-hybridized carbons (Fsp3) is 0. The summed E-state index contributed by atoms with van der Waals surface area (Å²) in [5.41, 5.74) is 2.59. The molecule has 1 heterocycles. The summed E-state index contributed by atoms with van der Waals surface area (Å²) in [6, 6.07) is 7.51. The number of hydrogen-bond acceptors (Lipinski definition) is 4. The molecule has 1 aromatic heterocycles. The second kappa shape index (κ2) is 5.53. The van der Waals surface area contributed by atoms with Gasteiger partial charge in [0.25, 0.3) is 0 Å². The summed E-state index contributed by atoms with van der Waals surface area (Å²) < 4.78 is 0. The summed E-state index contributed by atoms with van der Waals surface area (Å²) in [4.78, 5) is 19.9. The van der Waals surface area contributed by atoms with Crippen molar-refractivity contribution in [3.63, 3.8) is 0 Å². The highest BCUT2D eigenvalue weighted by Gasteiger charge is 2.05. The van der Waals surface area contributed by atoms with E-state index in [0.29, 0.717) is 10.2 Å². The first-order chi connectivity index (χ1) is 9.70. The molecule has 20 heavy (non-hydrogen) atoms. The number of allylic oxidation sites excluding steroid dienone is 4. The maximum Gasteiger partial charge on any atom is 0.210 e. The van der Waals surface area contributed by atoms with E-state index in [-0.39, 0.29) is 5.78 Å². The molecule has 0 amide bonds. The van der Waals surface area contributed by atoms with Crippen LogP contribution >= 0.6 is 22.9 Å². The second-order valence-electron chi connectivity index (χ2n) is 4.13. The van der Waals surface area contributed by atoms with Crippen LogP contribution in [0, 0.1) is 0 Å². The molecule has 5 heteroatoms. The molecule has 0 fully saturated rings. The number of aromatic nitrogens is 1. The number of carbonyl (C=O) groups excluding carboxylic acids is 1. The lowest BCUT2D eigenvalue weighted by atomic mass is 10.2. The summed E-state index contributed by atoms with van der Waals surface area (Å²) in [6.45, 7) is 0. The molecule has 3 nitrogen and oxygen atoms in total. The van der Waals surface area contributed by atoms with Crippen molar-refractivity contribution in [1.29, 1.82) is 0 Å². The zero-order valence-electron chi connectivity index (χ0n) is 10.3. The Balaban J connectivity index is 1.86. The zero-order chi connectivity index (χ0) is 13.9. The van der Waals surface area contributed by atoms with Gasteiger partial charge in [-0.05, 0) is 36.4 Å². The molecule has 0 unspecified atom stereocenters. The van der Waals surface area contributed by atoms with Crippen LogP contribution in [0.3, 0.4) is 0 Å². The van der Waals surface area contributed by atoms with E-state index in [1.54, 1.807) is 12.2 Å². The van der Waals surface area contributed by atoms with Crippen molar-refractivity contribution in [2.45, 2.75) is 0 Å². The second-order valence-corrected chi connectivity index (χ2v) is 5.40. The molecule has 0 saturated carbocycles. The van der Waals surface area contributed by atoms with Gasteiger partial charge in [-0.2, -0.15) is 0 Å². The lowest BCUT2D eigenvalue weighted by molar-refractivity contribution is -0.110. The number of benzene rings is 1. The van der Waals surface area contributed by atoms with E-state index >= 15 is 0 Å². The van der Waals surface area contributed by atoms with Crippen LogP contribution in [0.15, 0.2) is 58.9 Å². The van der Waals surface area contributed by atoms with Crippen molar-refractivity contribution in [2.24, 2.45) is 4.99 Å². The average Bonchev–Trinajstić information content (AvgIpc) is 2.91. The van der Waals surface area contributed by atoms with Gasteiger partial charge in [0.05, 0.1) is 11.4 Å². The topological polar surface area (TPSA) is 42.3 Å². The van der Waals surface area contributed by atoms with Gasteiger partial charge in [-0.25, -0.2) is 9.98 Å². The highest BCUT2D eigenvalue weighted by atomic mass is 35.5. The molecular formula is C15H9ClN2OS. The number of carbonyl (C=O) groups is 1. The predicted molar refractivity (Wildman–Crippen MR) is 82.9 cm³/mol. The predicted octanol–water partition coefficient (Wildman–Crippen LogP) is 4.23. The number of rotatable bonds is 2. The van der Waals surface area contributed by atoms with E-state index in [4.69, 9.17) is 11.6 Å². The largest absolute Gasteiger partial charge is 0.290 e. The molecule has 1 aliphatic carbocycles. The summed E-state index contributed by atoms with van der Waals surface area (Å²) >= 11 is 7.32. The van der Waals surface area contributed by atoms with E-state index in [2.05, 4.69) is 9.98 Å². The van der Waals surface area contributed by atoms with Gasteiger partial charge in [-0.15, -0.1) is 11.3 Å². The van der Waals surface area contributed by atoms with Crippen LogP contribution in [0.2, 0.25) is 5.02 Å². The smallest absolute Gasteiger partial charge is 0.210 e. The fourth-order valence-electron chi connectivity index (χ4n) is 1.70. The van der Waals surface area contributed by atoms with Crippen molar-refractivity contribution in [2.75, 3.05) is 0 Å². The van der Waals surface area contributed by atoms with Gasteiger partial charge in [0, 0.05) is 16.0 Å². The molecule has 0 saturated heterocycles. The van der Waals surface area contributed by atoms with Crippen molar-refractivity contribution in [3.05, 3.63) is 59.0 Å². The molecule has 1 aromatic carbocycles. The third kappa shape index (κ3) is 2.92. The van der Waals surface area contributed by atoms with Crippen molar-refractivity contribution < 1.29 is 4.79 Å². The number of halogens is 1. The van der Waals surface area contributed by atoms with E-state index in [9.17, 15) is 4.79 Å². The minimum absolute atomic E-state index is 0.0232. The Morgan fingerprint density at radius 2 is 1.75 bits per heavy atom. The van der Waals surface area contributed by atoms with Gasteiger partial charge >= 0.3 is 0 Å². The first-order valence-electron chi connectivity index (χ1n) is 5.91. The van der Waals surface area contributed by atoms with Crippen molar-refractivity contribution >= 4 is 39.6 Å². The van der Waals surface area contributed by atoms with Crippen LogP contribution in [0.25, 0.3) is 11.3 Å². The highest BCUT2D eigenvalue weighted by molar-refractivity contribution is 7.13. The van der Waals surface area contributed by atoms with Crippen LogP contribution < -0.4 is 0 Å². The Morgan fingerprint density at radius 1 is 1.05 bits per heavy atom. The number of hydrogen-bond donors (Lipinski definition) is 0. The highest BCUT2D eigenvalue weighted by Crippen LogP contribution is 2.27. The Labute approximate surface area is 125 Å². The van der Waals surface area contributed by atoms with Gasteiger partial charge in [0.2, 0.25) is 5.13 Å². The number of aliphatic imine (C=N–C) groups is 1. The molecule has 98 valence electrons. The third-order valence-electron chi connectivity index (χ3n) is 2.69. The van der Waals surface area contributed by atoms with Gasteiger partial charge in [0.1, 0.15) is 0 Å². The minimum atomic E-state index is -0.0232. The standard InChI is InChI=1S/C15H9ClN2OS/c16-11-3-1-10(2-4-11)14-9-20-15(18-14)17-12-5-7-13(19)8-6-12/h1-9H. The van der Waals surface area contributed by atoms with E-state index in [1.165, 1.54) is 23.5 Å². The van der Waals surface area contributed by atoms with Gasteiger partial charge in [0.15, 0.2) is 5.78 Å². The van der Waals surface area contributed by atoms with Crippen molar-refractivity contribution in [1.82, 2.24) is 4.98 Å². The summed E-state index contributed by atoms with van der Waals surface area (Å²) in [5, 5.41) is 3.31. The van der Waals surface area contributed by atoms with Crippen LogP contribution in [-0.4, -0.2) is 16.5 Å². The minimum Gasteiger partial charge on any atom is -0.290 e. The van der Waals surface area contributed by atoms with Gasteiger partial charge in [-0.1, -0.05) is 23.7 Å². The molecule has 0 aliphatic heterocycles. The molecule has 0 spiro atoms. The summed E-state index contributed by atoms with van der Waals surface area (Å²) in [5.74, 6) is -0.0232. The molecule has 0 N–H and O–H groups in total. The molecule has 0 bridgehead atoms. The average molecular weight is 301 g/mol. The van der Waals surface area contributed by atoms with E-state index in [1.807, 2.05) is 29.6 Å². The molecular weight excluding hydrogens is 292 g/mol. The van der Waals surface area contributed by atoms with E-state index < -0.39 is 0 Å². The number of nitrogens with zero attached hydrogens (tertiary/aromatic N) is 2. The first kappa shape index (κ1) is 13.0. The monoisotopic (exact) mass is 300 g/mol. The number of ketones is 1. The quantitative estimate of drug-likeness (QED) is 0.779. The van der Waals surface area contributed by atoms with E-state index in [0.717, 1.165) is 17.0 Å². The van der Waals surface area contributed by atoms with Crippen LogP contribution in [0.1, 0.15) is 0 Å². The van der Waals surface area contributed by atoms with Crippen LogP contribution in [-0.2, 0) is 4.79 Å². The summed E-state index contributed by atoms with van der Waals surface area (Å²) in [6.07, 6.45) is 6.36. The molecule has 3 rings (SSSR count). The summed E-state index contributed by atoms with van der Waals surface area (Å²) in [7, 11) is 0. The van der Waals surface area contributed by atoms with Gasteiger partial charge in [-0.3, -0.25) is 4.79 Å². The van der Waals surface area contributed by atoms with Gasteiger partial charge < -0.3 is 0 Å². The molecule has 2 aromatic rings. The third-order valence-corrected chi connectivity index (χ3v) is 3.68. The SMILES string of the molecule is O=C1C=CC(=Nc2nc(-c3ccc(Cl)cc3)cs2)C=C1. The number of thiazole rings is 1.